The first-order valence-electron chi connectivity index (χ1n) is 15.5. The van der Waals surface area contributed by atoms with Crippen molar-refractivity contribution in [1.29, 1.82) is 0 Å². The van der Waals surface area contributed by atoms with Gasteiger partial charge in [0, 0.05) is 29.7 Å². The Hall–Kier alpha value is -2.30. The van der Waals surface area contributed by atoms with Crippen molar-refractivity contribution in [2.24, 2.45) is 28.4 Å². The lowest BCUT2D eigenvalue weighted by Gasteiger charge is -2.47. The van der Waals surface area contributed by atoms with Gasteiger partial charge in [0.1, 0.15) is 0 Å². The van der Waals surface area contributed by atoms with Gasteiger partial charge < -0.3 is 26.6 Å². The number of hydrogen-bond acceptors (Lipinski definition) is 5. The molecule has 4 unspecified atom stereocenters. The molecule has 3 rings (SSSR count). The van der Waals surface area contributed by atoms with Gasteiger partial charge in [0.15, 0.2) is 0 Å². The molecule has 1 heterocycles. The SMILES string of the molecule is C=C(NC(CC)C(C)(C)C)NC(C(=C)N1C[C@@H]2C[C@@H]2C1C(=C)NC(CCC)C(=C)C(=C)N)C1(C)CCCCC1. The van der Waals surface area contributed by atoms with Gasteiger partial charge >= 0.3 is 0 Å². The lowest BCUT2D eigenvalue weighted by molar-refractivity contribution is 0.137. The standard InChI is InChI=1S/C34H59N5/c1-12-17-29(22(3)23(4)35)36-24(5)31-28-20-27(28)21-39(31)25(6)32(34(11)18-15-14-16-19-34)38-26(7)37-30(13-2)33(8,9)10/h27-32,36-38H,3-7,12-21,35H2,1-2,8-11H3/t27-,28-,29?,30?,31?,32?/m0/s1. The number of nitrogens with one attached hydrogen (secondary N) is 3. The summed E-state index contributed by atoms with van der Waals surface area (Å²) >= 11 is 0. The van der Waals surface area contributed by atoms with Crippen molar-refractivity contribution in [3.63, 3.8) is 0 Å². The minimum absolute atomic E-state index is 0.0602. The maximum Gasteiger partial charge on any atom is 0.0920 e. The highest BCUT2D eigenvalue weighted by atomic mass is 15.3. The number of nitrogens with zero attached hydrogens (tertiary/aromatic N) is 1. The summed E-state index contributed by atoms with van der Waals surface area (Å²) in [6, 6.07) is 0.761. The van der Waals surface area contributed by atoms with Crippen molar-refractivity contribution in [2.75, 3.05) is 6.54 Å². The number of fused-ring (bicyclic) bond motifs is 1. The third-order valence-corrected chi connectivity index (χ3v) is 9.79. The third kappa shape index (κ3) is 7.27. The Balaban J connectivity index is 1.83. The Morgan fingerprint density at radius 3 is 2.18 bits per heavy atom. The van der Waals surface area contributed by atoms with Gasteiger partial charge in [0.25, 0.3) is 0 Å². The Morgan fingerprint density at radius 2 is 1.64 bits per heavy atom. The van der Waals surface area contributed by atoms with Crippen LogP contribution < -0.4 is 21.7 Å². The van der Waals surface area contributed by atoms with E-state index in [1.54, 1.807) is 0 Å². The molecule has 0 aromatic rings. The highest BCUT2D eigenvalue weighted by Crippen LogP contribution is 2.54. The summed E-state index contributed by atoms with van der Waals surface area (Å²) in [6.45, 7) is 36.8. The summed E-state index contributed by atoms with van der Waals surface area (Å²) in [5.74, 6) is 2.26. The summed E-state index contributed by atoms with van der Waals surface area (Å²) in [5.41, 5.74) is 9.99. The van der Waals surface area contributed by atoms with Crippen LogP contribution in [0.15, 0.2) is 61.4 Å². The minimum atomic E-state index is 0.0602. The zero-order valence-corrected chi connectivity index (χ0v) is 26.1. The zero-order valence-electron chi connectivity index (χ0n) is 26.1. The van der Waals surface area contributed by atoms with Crippen molar-refractivity contribution < 1.29 is 0 Å². The van der Waals surface area contributed by atoms with Crippen molar-refractivity contribution in [1.82, 2.24) is 20.9 Å². The van der Waals surface area contributed by atoms with Crippen LogP contribution in [0.1, 0.15) is 99.3 Å². The number of piperidine rings is 1. The summed E-state index contributed by atoms with van der Waals surface area (Å²) in [5, 5.41) is 11.3. The van der Waals surface area contributed by atoms with E-state index >= 15 is 0 Å². The molecule has 3 fully saturated rings. The molecule has 220 valence electrons. The monoisotopic (exact) mass is 537 g/mol. The number of hydrogen-bond donors (Lipinski definition) is 4. The molecule has 2 aliphatic carbocycles. The Kier molecular flexibility index (Phi) is 9.99. The molecule has 0 amide bonds. The van der Waals surface area contributed by atoms with Crippen LogP contribution in [0, 0.1) is 22.7 Å². The van der Waals surface area contributed by atoms with E-state index in [0.717, 1.165) is 42.9 Å². The summed E-state index contributed by atoms with van der Waals surface area (Å²) < 4.78 is 0. The Bertz CT molecular complexity index is 934. The molecular formula is C34H59N5. The van der Waals surface area contributed by atoms with E-state index in [1.807, 2.05) is 0 Å². The van der Waals surface area contributed by atoms with E-state index in [1.165, 1.54) is 44.2 Å². The van der Waals surface area contributed by atoms with Gasteiger partial charge in [-0.15, -0.1) is 0 Å². The van der Waals surface area contributed by atoms with Crippen molar-refractivity contribution in [3.05, 3.63) is 61.4 Å². The largest absolute Gasteiger partial charge is 0.399 e. The fourth-order valence-corrected chi connectivity index (χ4v) is 7.19. The van der Waals surface area contributed by atoms with Crippen LogP contribution in [0.3, 0.4) is 0 Å². The highest BCUT2D eigenvalue weighted by Gasteiger charge is 2.55. The molecule has 1 aliphatic heterocycles. The molecule has 0 aromatic heterocycles. The average molecular weight is 538 g/mol. The maximum atomic E-state index is 6.05. The van der Waals surface area contributed by atoms with Gasteiger partial charge in [-0.05, 0) is 60.3 Å². The van der Waals surface area contributed by atoms with Crippen LogP contribution >= 0.6 is 0 Å². The zero-order chi connectivity index (χ0) is 29.1. The normalized spacial score (nSPS) is 26.0. The lowest BCUT2D eigenvalue weighted by Crippen LogP contribution is -2.54. The smallest absolute Gasteiger partial charge is 0.0920 e. The van der Waals surface area contributed by atoms with Crippen molar-refractivity contribution >= 4 is 0 Å². The minimum Gasteiger partial charge on any atom is -0.399 e. The molecule has 2 saturated carbocycles. The molecule has 0 spiro atoms. The Labute approximate surface area is 240 Å². The van der Waals surface area contributed by atoms with Gasteiger partial charge in [-0.25, -0.2) is 0 Å². The predicted molar refractivity (Wildman–Crippen MR) is 169 cm³/mol. The van der Waals surface area contributed by atoms with Gasteiger partial charge in [-0.1, -0.05) is 100 Å². The van der Waals surface area contributed by atoms with Crippen molar-refractivity contribution in [2.45, 2.75) is 123 Å². The molecule has 0 radical (unpaired) electrons. The van der Waals surface area contributed by atoms with E-state index in [4.69, 9.17) is 12.3 Å². The summed E-state index contributed by atoms with van der Waals surface area (Å²) in [6.07, 6.45) is 10.6. The molecule has 5 heteroatoms. The summed E-state index contributed by atoms with van der Waals surface area (Å²) in [4.78, 5) is 2.56. The topological polar surface area (TPSA) is 65.3 Å². The van der Waals surface area contributed by atoms with Crippen molar-refractivity contribution in [3.8, 4) is 0 Å². The second kappa shape index (κ2) is 12.5. The van der Waals surface area contributed by atoms with Crippen LogP contribution in [0.25, 0.3) is 0 Å². The highest BCUT2D eigenvalue weighted by molar-refractivity contribution is 5.31. The first kappa shape index (κ1) is 31.2. The van der Waals surface area contributed by atoms with E-state index in [0.29, 0.717) is 23.6 Å². The fourth-order valence-electron chi connectivity index (χ4n) is 7.19. The van der Waals surface area contributed by atoms with Crippen LogP contribution in [0.4, 0.5) is 0 Å². The Morgan fingerprint density at radius 1 is 1.00 bits per heavy atom. The fraction of sp³-hybridized carbons (Fsp3) is 0.706. The molecule has 5 nitrogen and oxygen atoms in total. The molecular weight excluding hydrogens is 478 g/mol. The molecule has 3 aliphatic rings. The maximum absolute atomic E-state index is 6.05. The average Bonchev–Trinajstić information content (AvgIpc) is 3.52. The van der Waals surface area contributed by atoms with Crippen LogP contribution in [-0.2, 0) is 0 Å². The van der Waals surface area contributed by atoms with Gasteiger partial charge in [-0.2, -0.15) is 0 Å². The number of likely N-dealkylation sites (tertiary alicyclic amines) is 1. The molecule has 6 atom stereocenters. The van der Waals surface area contributed by atoms with E-state index in [9.17, 15) is 0 Å². The molecule has 1 saturated heterocycles. The quantitative estimate of drug-likeness (QED) is 0.171. The molecule has 5 N–H and O–H groups in total. The van der Waals surface area contributed by atoms with Gasteiger partial charge in [0.05, 0.1) is 23.9 Å². The summed E-state index contributed by atoms with van der Waals surface area (Å²) in [7, 11) is 0. The molecule has 0 aromatic carbocycles. The number of nitrogens with two attached hydrogens (primary N) is 1. The molecule has 39 heavy (non-hydrogen) atoms. The van der Waals surface area contributed by atoms with Gasteiger partial charge in [-0.3, -0.25) is 0 Å². The first-order chi connectivity index (χ1) is 18.2. The predicted octanol–water partition coefficient (Wildman–Crippen LogP) is 6.94. The van der Waals surface area contributed by atoms with Gasteiger partial charge in [0.2, 0.25) is 0 Å². The van der Waals surface area contributed by atoms with E-state index in [-0.39, 0.29) is 29.0 Å². The van der Waals surface area contributed by atoms with Crippen LogP contribution in [-0.4, -0.2) is 35.6 Å². The van der Waals surface area contributed by atoms with E-state index < -0.39 is 0 Å². The third-order valence-electron chi connectivity index (χ3n) is 9.79. The second-order valence-electron chi connectivity index (χ2n) is 14.1. The second-order valence-corrected chi connectivity index (χ2v) is 14.1. The number of rotatable bonds is 15. The lowest BCUT2D eigenvalue weighted by atomic mass is 9.69. The van der Waals surface area contributed by atoms with E-state index in [2.05, 4.69) is 88.7 Å². The van der Waals surface area contributed by atoms with Crippen LogP contribution in [0.5, 0.6) is 0 Å². The molecule has 0 bridgehead atoms. The first-order valence-corrected chi connectivity index (χ1v) is 15.5. The van der Waals surface area contributed by atoms with Crippen LogP contribution in [0.2, 0.25) is 0 Å².